The van der Waals surface area contributed by atoms with E-state index in [1.165, 1.54) is 9.75 Å². The largest absolute Gasteiger partial charge is 0.292 e. The molecule has 0 aliphatic heterocycles. The van der Waals surface area contributed by atoms with E-state index in [9.17, 15) is 0 Å². The first-order chi connectivity index (χ1) is 8.95. The van der Waals surface area contributed by atoms with Crippen molar-refractivity contribution in [1.82, 2.24) is 0 Å². The van der Waals surface area contributed by atoms with Crippen molar-refractivity contribution in [3.8, 4) is 0 Å². The van der Waals surface area contributed by atoms with Crippen LogP contribution in [0.4, 0.5) is 0 Å². The van der Waals surface area contributed by atoms with E-state index in [-0.39, 0.29) is 0 Å². The predicted octanol–water partition coefficient (Wildman–Crippen LogP) is 4.13. The van der Waals surface area contributed by atoms with Gasteiger partial charge in [0.05, 0.1) is 0 Å². The predicted molar refractivity (Wildman–Crippen MR) is 82.8 cm³/mol. The van der Waals surface area contributed by atoms with Crippen LogP contribution in [0.1, 0.15) is 22.6 Å². The summed E-state index contributed by atoms with van der Waals surface area (Å²) in [6, 6.07) is 8.26. The van der Waals surface area contributed by atoms with Gasteiger partial charge >= 0.3 is 0 Å². The average molecular weight is 276 g/mol. The van der Waals surface area contributed by atoms with Gasteiger partial charge in [-0.2, -0.15) is 0 Å². The summed E-state index contributed by atoms with van der Waals surface area (Å²) in [4.78, 5) is 11.2. The van der Waals surface area contributed by atoms with Crippen molar-refractivity contribution in [3.05, 3.63) is 44.8 Å². The minimum absolute atomic E-state index is 0.895. The summed E-state index contributed by atoms with van der Waals surface area (Å²) >= 11 is 3.44. The zero-order chi connectivity index (χ0) is 12.5. The Balaban J connectivity index is 1.54. The summed E-state index contributed by atoms with van der Waals surface area (Å²) in [5.74, 6) is 0. The lowest BCUT2D eigenvalue weighted by Gasteiger charge is -1.93. The number of rotatable bonds is 7. The summed E-state index contributed by atoms with van der Waals surface area (Å²) in [5, 5.41) is 4.14. The van der Waals surface area contributed by atoms with Crippen molar-refractivity contribution in [2.75, 3.05) is 13.1 Å². The van der Waals surface area contributed by atoms with Gasteiger partial charge in [-0.15, -0.1) is 22.7 Å². The third kappa shape index (κ3) is 4.94. The van der Waals surface area contributed by atoms with Gasteiger partial charge in [-0.25, -0.2) is 0 Å². The van der Waals surface area contributed by atoms with Crippen LogP contribution in [0.25, 0.3) is 0 Å². The Labute approximate surface area is 116 Å². The lowest BCUT2D eigenvalue weighted by atomic mass is 10.3. The molecular weight excluding hydrogens is 260 g/mol. The van der Waals surface area contributed by atoms with Gasteiger partial charge in [-0.05, 0) is 35.7 Å². The van der Waals surface area contributed by atoms with Crippen molar-refractivity contribution in [3.63, 3.8) is 0 Å². The SMILES string of the molecule is C(=NCCCCN=Cc1cccs1)c1cccs1. The summed E-state index contributed by atoms with van der Waals surface area (Å²) in [6.45, 7) is 1.79. The Morgan fingerprint density at radius 3 is 1.72 bits per heavy atom. The van der Waals surface area contributed by atoms with E-state index in [2.05, 4.69) is 32.9 Å². The van der Waals surface area contributed by atoms with Crippen LogP contribution in [-0.2, 0) is 0 Å². The summed E-state index contributed by atoms with van der Waals surface area (Å²) in [5.41, 5.74) is 0. The molecule has 0 aromatic carbocycles. The molecule has 2 aromatic heterocycles. The molecule has 4 heteroatoms. The Hall–Kier alpha value is -1.26. The van der Waals surface area contributed by atoms with E-state index in [1.807, 2.05) is 24.6 Å². The van der Waals surface area contributed by atoms with Gasteiger partial charge in [0.15, 0.2) is 0 Å². The second-order valence-electron chi connectivity index (χ2n) is 3.81. The minimum Gasteiger partial charge on any atom is -0.292 e. The van der Waals surface area contributed by atoms with E-state index in [1.54, 1.807) is 22.7 Å². The van der Waals surface area contributed by atoms with Crippen LogP contribution in [0, 0.1) is 0 Å². The van der Waals surface area contributed by atoms with Crippen LogP contribution in [0.3, 0.4) is 0 Å². The molecule has 94 valence electrons. The van der Waals surface area contributed by atoms with Gasteiger partial charge in [-0.3, -0.25) is 9.98 Å². The normalized spacial score (nSPS) is 11.8. The van der Waals surface area contributed by atoms with Gasteiger partial charge in [0.2, 0.25) is 0 Å². The number of hydrogen-bond acceptors (Lipinski definition) is 4. The van der Waals surface area contributed by atoms with E-state index < -0.39 is 0 Å². The fraction of sp³-hybridized carbons (Fsp3) is 0.286. The Kier molecular flexibility index (Phi) is 5.82. The zero-order valence-electron chi connectivity index (χ0n) is 10.2. The zero-order valence-corrected chi connectivity index (χ0v) is 11.8. The highest BCUT2D eigenvalue weighted by Gasteiger charge is 1.88. The van der Waals surface area contributed by atoms with Gasteiger partial charge in [0, 0.05) is 35.3 Å². The summed E-state index contributed by atoms with van der Waals surface area (Å²) in [6.07, 6.45) is 6.12. The monoisotopic (exact) mass is 276 g/mol. The maximum Gasteiger partial charge on any atom is 0.0448 e. The van der Waals surface area contributed by atoms with Crippen LogP contribution in [-0.4, -0.2) is 25.5 Å². The molecule has 2 aromatic rings. The Morgan fingerprint density at radius 1 is 0.833 bits per heavy atom. The van der Waals surface area contributed by atoms with E-state index in [0.29, 0.717) is 0 Å². The van der Waals surface area contributed by atoms with Crippen molar-refractivity contribution >= 4 is 35.1 Å². The first-order valence-electron chi connectivity index (χ1n) is 6.02. The molecule has 0 amide bonds. The third-order valence-electron chi connectivity index (χ3n) is 2.35. The quantitative estimate of drug-likeness (QED) is 0.536. The second-order valence-corrected chi connectivity index (χ2v) is 5.77. The van der Waals surface area contributed by atoms with Crippen LogP contribution in [0.15, 0.2) is 45.0 Å². The van der Waals surface area contributed by atoms with E-state index in [4.69, 9.17) is 0 Å². The van der Waals surface area contributed by atoms with Crippen molar-refractivity contribution in [2.45, 2.75) is 12.8 Å². The molecule has 0 aliphatic rings. The fourth-order valence-corrected chi connectivity index (χ4v) is 2.66. The van der Waals surface area contributed by atoms with Crippen LogP contribution < -0.4 is 0 Å². The molecule has 2 heterocycles. The Bertz CT molecular complexity index is 424. The maximum atomic E-state index is 4.40. The average Bonchev–Trinajstić information content (AvgIpc) is 3.05. The van der Waals surface area contributed by atoms with Gasteiger partial charge in [-0.1, -0.05) is 12.1 Å². The molecule has 2 rings (SSSR count). The van der Waals surface area contributed by atoms with Crippen molar-refractivity contribution in [1.29, 1.82) is 0 Å². The lowest BCUT2D eigenvalue weighted by Crippen LogP contribution is -1.87. The summed E-state index contributed by atoms with van der Waals surface area (Å²) < 4.78 is 0. The van der Waals surface area contributed by atoms with Crippen molar-refractivity contribution < 1.29 is 0 Å². The molecule has 2 nitrogen and oxygen atoms in total. The fourth-order valence-electron chi connectivity index (χ4n) is 1.44. The number of thiophene rings is 2. The van der Waals surface area contributed by atoms with Gasteiger partial charge in [0.25, 0.3) is 0 Å². The van der Waals surface area contributed by atoms with Crippen LogP contribution in [0.5, 0.6) is 0 Å². The molecule has 18 heavy (non-hydrogen) atoms. The highest BCUT2D eigenvalue weighted by molar-refractivity contribution is 7.12. The molecule has 0 radical (unpaired) electrons. The molecule has 0 unspecified atom stereocenters. The summed E-state index contributed by atoms with van der Waals surface area (Å²) in [7, 11) is 0. The molecule has 0 bridgehead atoms. The second kappa shape index (κ2) is 7.95. The molecular formula is C14H16N2S2. The van der Waals surface area contributed by atoms with Crippen LogP contribution in [0.2, 0.25) is 0 Å². The molecule has 0 spiro atoms. The van der Waals surface area contributed by atoms with Gasteiger partial charge < -0.3 is 0 Å². The Morgan fingerprint density at radius 2 is 1.33 bits per heavy atom. The van der Waals surface area contributed by atoms with Gasteiger partial charge in [0.1, 0.15) is 0 Å². The molecule has 0 aliphatic carbocycles. The lowest BCUT2D eigenvalue weighted by molar-refractivity contribution is 0.760. The van der Waals surface area contributed by atoms with E-state index in [0.717, 1.165) is 25.9 Å². The first-order valence-corrected chi connectivity index (χ1v) is 7.78. The maximum absolute atomic E-state index is 4.40. The smallest absolute Gasteiger partial charge is 0.0448 e. The molecule has 0 saturated heterocycles. The van der Waals surface area contributed by atoms with Crippen LogP contribution >= 0.6 is 22.7 Å². The third-order valence-corrected chi connectivity index (χ3v) is 3.96. The number of unbranched alkanes of at least 4 members (excludes halogenated alkanes) is 1. The number of aliphatic imine (C=N–C) groups is 2. The molecule has 0 fully saturated rings. The minimum atomic E-state index is 0.895. The van der Waals surface area contributed by atoms with E-state index >= 15 is 0 Å². The standard InChI is InChI=1S/C14H16N2S2/c1(7-15-11-13-5-3-9-17-13)2-8-16-12-14-6-4-10-18-14/h3-6,9-12H,1-2,7-8H2. The molecule has 0 saturated carbocycles. The van der Waals surface area contributed by atoms with Crippen molar-refractivity contribution in [2.24, 2.45) is 9.98 Å². The number of nitrogens with zero attached hydrogens (tertiary/aromatic N) is 2. The molecule has 0 N–H and O–H groups in total. The highest BCUT2D eigenvalue weighted by Crippen LogP contribution is 2.05. The topological polar surface area (TPSA) is 24.7 Å². The molecule has 0 atom stereocenters. The first kappa shape index (κ1) is 13.2. The highest BCUT2D eigenvalue weighted by atomic mass is 32.1. The number of hydrogen-bond donors (Lipinski definition) is 0.